The first-order valence-corrected chi connectivity index (χ1v) is 12.2. The van der Waals surface area contributed by atoms with E-state index in [1.807, 2.05) is 35.2 Å². The molecule has 2 aliphatic heterocycles. The van der Waals surface area contributed by atoms with Gasteiger partial charge < -0.3 is 9.91 Å². The van der Waals surface area contributed by atoms with Gasteiger partial charge in [-0.25, -0.2) is 9.97 Å². The second-order valence-corrected chi connectivity index (χ2v) is 9.62. The maximum atomic E-state index is 13.8. The number of carbonyl (C=O) groups is 1. The minimum atomic E-state index is -4.77. The molecule has 2 saturated heterocycles. The van der Waals surface area contributed by atoms with Crippen LogP contribution in [0.2, 0.25) is 0 Å². The van der Waals surface area contributed by atoms with Crippen LogP contribution in [0.15, 0.2) is 35.1 Å². The molecule has 1 aromatic carbocycles. The Kier molecular flexibility index (Phi) is 6.05. The molecule has 1 atom stereocenters. The first kappa shape index (κ1) is 22.8. The molecule has 7 nitrogen and oxygen atoms in total. The number of hydrogen-bond acceptors (Lipinski definition) is 7. The van der Waals surface area contributed by atoms with Crippen LogP contribution in [0.3, 0.4) is 0 Å². The molecule has 180 valence electrons. The molecule has 0 saturated carbocycles. The van der Waals surface area contributed by atoms with Gasteiger partial charge in [0.05, 0.1) is 6.04 Å². The van der Waals surface area contributed by atoms with Gasteiger partial charge in [-0.15, -0.1) is 0 Å². The number of anilines is 1. The van der Waals surface area contributed by atoms with Crippen molar-refractivity contribution in [2.45, 2.75) is 50.7 Å². The highest BCUT2D eigenvalue weighted by Gasteiger charge is 2.40. The highest BCUT2D eigenvalue weighted by Crippen LogP contribution is 2.35. The second-order valence-electron chi connectivity index (χ2n) is 8.66. The first-order chi connectivity index (χ1) is 16.3. The van der Waals surface area contributed by atoms with E-state index in [4.69, 9.17) is 0 Å². The van der Waals surface area contributed by atoms with Gasteiger partial charge in [0.1, 0.15) is 0 Å². The Morgan fingerprint density at radius 2 is 1.79 bits per heavy atom. The van der Waals surface area contributed by atoms with Crippen molar-refractivity contribution >= 4 is 32.6 Å². The van der Waals surface area contributed by atoms with E-state index in [0.717, 1.165) is 23.3 Å². The smallest absolute Gasteiger partial charge is 0.338 e. The quantitative estimate of drug-likeness (QED) is 0.523. The molecule has 4 heterocycles. The molecule has 0 spiro atoms. The predicted octanol–water partition coefficient (Wildman–Crippen LogP) is 3.77. The summed E-state index contributed by atoms with van der Waals surface area (Å²) in [7, 11) is 0. The lowest BCUT2D eigenvalue weighted by molar-refractivity contribution is -0.148. The zero-order chi connectivity index (χ0) is 23.9. The summed E-state index contributed by atoms with van der Waals surface area (Å²) in [4.78, 5) is 36.1. The number of aryl methyl sites for hydroxylation is 1. The normalized spacial score (nSPS) is 18.9. The van der Waals surface area contributed by atoms with Crippen LogP contribution >= 0.6 is 11.3 Å². The van der Waals surface area contributed by atoms with Crippen LogP contribution in [0, 0.1) is 0 Å². The molecule has 3 aromatic rings. The number of alkyl halides is 3. The fourth-order valence-electron chi connectivity index (χ4n) is 4.73. The van der Waals surface area contributed by atoms with Crippen molar-refractivity contribution in [3.8, 4) is 0 Å². The summed E-state index contributed by atoms with van der Waals surface area (Å²) >= 11 is 0.945. The van der Waals surface area contributed by atoms with Crippen LogP contribution < -0.4 is 15.5 Å². The molecule has 0 unspecified atom stereocenters. The number of aromatic nitrogens is 3. The van der Waals surface area contributed by atoms with E-state index in [1.54, 1.807) is 0 Å². The number of fused-ring (bicyclic) bond motifs is 1. The highest BCUT2D eigenvalue weighted by atomic mass is 32.1. The minimum Gasteiger partial charge on any atom is -0.338 e. The Hall–Kier alpha value is -2.95. The van der Waals surface area contributed by atoms with Gasteiger partial charge in [0.2, 0.25) is 5.82 Å². The average Bonchev–Trinajstić information content (AvgIpc) is 3.57. The molecule has 0 radical (unpaired) electrons. The summed E-state index contributed by atoms with van der Waals surface area (Å²) in [5.74, 6) is -1.15. The van der Waals surface area contributed by atoms with E-state index in [0.29, 0.717) is 61.5 Å². The molecule has 5 rings (SSSR count). The van der Waals surface area contributed by atoms with Crippen molar-refractivity contribution in [2.75, 3.05) is 29.5 Å². The minimum absolute atomic E-state index is 0.0508. The number of rotatable bonds is 6. The van der Waals surface area contributed by atoms with Crippen molar-refractivity contribution < 1.29 is 18.0 Å². The Morgan fingerprint density at radius 3 is 2.50 bits per heavy atom. The van der Waals surface area contributed by atoms with Crippen molar-refractivity contribution in [2.24, 2.45) is 0 Å². The molecule has 0 N–H and O–H groups in total. The van der Waals surface area contributed by atoms with Crippen molar-refractivity contribution in [3.63, 3.8) is 0 Å². The standard InChI is InChI=1S/C23H24F3N5O2S/c24-23(25,26)21-28-19-18(20(33)31(21)29-12-4-5-13-29)27-22(34-19)30-14-6-9-16(30)17(32)11-10-15-7-2-1-3-8-15/h1-3,7-8,16H,4-6,9-14H2/t16-/m1/s1. The number of ketones is 1. The summed E-state index contributed by atoms with van der Waals surface area (Å²) in [6.07, 6.45) is -0.923. The molecule has 0 aliphatic carbocycles. The third-order valence-corrected chi connectivity index (χ3v) is 7.38. The van der Waals surface area contributed by atoms with Gasteiger partial charge in [-0.2, -0.15) is 17.8 Å². The van der Waals surface area contributed by atoms with E-state index in [1.165, 1.54) is 5.01 Å². The fraction of sp³-hybridized carbons (Fsp3) is 0.478. The molecule has 0 amide bonds. The summed E-state index contributed by atoms with van der Waals surface area (Å²) in [6.45, 7) is 1.28. The molecular weight excluding hydrogens is 467 g/mol. The molecule has 2 fully saturated rings. The molecular formula is C23H24F3N5O2S. The topological polar surface area (TPSA) is 71.3 Å². The number of benzene rings is 1. The van der Waals surface area contributed by atoms with Crippen LogP contribution in [0.5, 0.6) is 0 Å². The Bertz CT molecular complexity index is 1250. The second kappa shape index (κ2) is 9.01. The van der Waals surface area contributed by atoms with E-state index in [-0.39, 0.29) is 16.1 Å². The summed E-state index contributed by atoms with van der Waals surface area (Å²) in [5, 5.41) is 1.77. The number of carbonyl (C=O) groups excluding carboxylic acids is 1. The van der Waals surface area contributed by atoms with Crippen LogP contribution in [-0.2, 0) is 17.4 Å². The third kappa shape index (κ3) is 4.28. The molecule has 34 heavy (non-hydrogen) atoms. The van der Waals surface area contributed by atoms with Crippen LogP contribution in [0.4, 0.5) is 18.3 Å². The van der Waals surface area contributed by atoms with Crippen LogP contribution in [0.25, 0.3) is 10.3 Å². The van der Waals surface area contributed by atoms with Gasteiger partial charge in [0, 0.05) is 26.1 Å². The van der Waals surface area contributed by atoms with E-state index >= 15 is 0 Å². The van der Waals surface area contributed by atoms with Crippen molar-refractivity contribution in [1.29, 1.82) is 0 Å². The zero-order valence-electron chi connectivity index (χ0n) is 18.4. The molecule has 11 heteroatoms. The first-order valence-electron chi connectivity index (χ1n) is 11.4. The largest absolute Gasteiger partial charge is 0.451 e. The highest BCUT2D eigenvalue weighted by molar-refractivity contribution is 7.21. The van der Waals surface area contributed by atoms with Gasteiger partial charge in [-0.05, 0) is 37.7 Å². The van der Waals surface area contributed by atoms with E-state index in [2.05, 4.69) is 9.97 Å². The number of thiazole rings is 1. The molecule has 2 aromatic heterocycles. The van der Waals surface area contributed by atoms with Gasteiger partial charge in [-0.3, -0.25) is 9.59 Å². The van der Waals surface area contributed by atoms with Gasteiger partial charge in [-0.1, -0.05) is 41.7 Å². The Balaban J connectivity index is 1.46. The maximum Gasteiger partial charge on any atom is 0.451 e. The number of hydrogen-bond donors (Lipinski definition) is 0. The summed E-state index contributed by atoms with van der Waals surface area (Å²) in [6, 6.07) is 9.34. The Labute approximate surface area is 197 Å². The fourth-order valence-corrected chi connectivity index (χ4v) is 5.74. The van der Waals surface area contributed by atoms with Crippen LogP contribution in [-0.4, -0.2) is 46.1 Å². The number of halogens is 3. The van der Waals surface area contributed by atoms with Gasteiger partial charge in [0.25, 0.3) is 5.56 Å². The maximum absolute atomic E-state index is 13.8. The lowest BCUT2D eigenvalue weighted by atomic mass is 10.0. The SMILES string of the molecule is O=C(CCc1ccccc1)[C@H]1CCCN1c1nc2c(=O)n(N3CCCC3)c(C(F)(F)F)nc2s1. The van der Waals surface area contributed by atoms with E-state index < -0.39 is 23.6 Å². The lowest BCUT2D eigenvalue weighted by Gasteiger charge is -2.23. The van der Waals surface area contributed by atoms with Crippen molar-refractivity contribution in [1.82, 2.24) is 14.6 Å². The summed E-state index contributed by atoms with van der Waals surface area (Å²) in [5.41, 5.74) is 0.182. The molecule has 2 aliphatic rings. The third-order valence-electron chi connectivity index (χ3n) is 6.39. The van der Waals surface area contributed by atoms with Crippen LogP contribution in [0.1, 0.15) is 43.5 Å². The zero-order valence-corrected chi connectivity index (χ0v) is 19.2. The average molecular weight is 492 g/mol. The Morgan fingerprint density at radius 1 is 1.06 bits per heavy atom. The number of nitrogens with zero attached hydrogens (tertiary/aromatic N) is 5. The lowest BCUT2D eigenvalue weighted by Crippen LogP contribution is -2.44. The summed E-state index contributed by atoms with van der Waals surface area (Å²) < 4.78 is 42.0. The molecule has 0 bridgehead atoms. The van der Waals surface area contributed by atoms with Gasteiger partial charge >= 0.3 is 6.18 Å². The predicted molar refractivity (Wildman–Crippen MR) is 124 cm³/mol. The van der Waals surface area contributed by atoms with Gasteiger partial charge in [0.15, 0.2) is 21.3 Å². The van der Waals surface area contributed by atoms with E-state index in [9.17, 15) is 22.8 Å². The monoisotopic (exact) mass is 491 g/mol. The van der Waals surface area contributed by atoms with Crippen molar-refractivity contribution in [3.05, 3.63) is 52.1 Å². The number of Topliss-reactive ketones (excluding diaryl/α,β-unsaturated/α-hetero) is 1.